The number of Topliss-reactive ketones (excluding diaryl/α,β-unsaturated/α-hetero) is 1. The van der Waals surface area contributed by atoms with Gasteiger partial charge in [-0.2, -0.15) is 0 Å². The Morgan fingerprint density at radius 2 is 1.76 bits per heavy atom. The van der Waals surface area contributed by atoms with E-state index in [0.717, 1.165) is 48.2 Å². The van der Waals surface area contributed by atoms with Crippen molar-refractivity contribution in [2.45, 2.75) is 53.0 Å². The number of allylic oxidation sites excluding steroid dienone is 3. The molecule has 4 heteroatoms. The Morgan fingerprint density at radius 1 is 1.09 bits per heavy atom. The van der Waals surface area contributed by atoms with Gasteiger partial charge in [0.25, 0.3) is 0 Å². The van der Waals surface area contributed by atoms with Crippen LogP contribution < -0.4 is 5.73 Å². The molecule has 0 radical (unpaired) electrons. The second-order valence-corrected chi connectivity index (χ2v) is 9.11. The van der Waals surface area contributed by atoms with Crippen LogP contribution in [0.2, 0.25) is 0 Å². The molecule has 0 spiro atoms. The molecule has 1 fully saturated rings. The SMILES string of the molecule is CCC(=O)/C(=C/C(C=NC1CCN(C)CC1)=C/N)c1cc(-c2c(C)cccc2C)ccc1C. The summed E-state index contributed by atoms with van der Waals surface area (Å²) in [5.41, 5.74) is 14.2. The third-order valence-electron chi connectivity index (χ3n) is 6.55. The van der Waals surface area contributed by atoms with E-state index in [1.807, 2.05) is 19.2 Å². The van der Waals surface area contributed by atoms with Crippen LogP contribution in [0.25, 0.3) is 16.7 Å². The van der Waals surface area contributed by atoms with Crippen LogP contribution in [0, 0.1) is 20.8 Å². The molecule has 2 aromatic rings. The minimum absolute atomic E-state index is 0.101. The monoisotopic (exact) mass is 443 g/mol. The van der Waals surface area contributed by atoms with E-state index in [4.69, 9.17) is 10.7 Å². The Kier molecular flexibility index (Phi) is 8.40. The fourth-order valence-electron chi connectivity index (χ4n) is 4.47. The van der Waals surface area contributed by atoms with Crippen LogP contribution in [0.15, 0.2) is 59.2 Å². The average Bonchev–Trinajstić information content (AvgIpc) is 2.81. The van der Waals surface area contributed by atoms with Gasteiger partial charge >= 0.3 is 0 Å². The number of hydrogen-bond donors (Lipinski definition) is 1. The van der Waals surface area contributed by atoms with Gasteiger partial charge in [0, 0.05) is 30.0 Å². The zero-order valence-electron chi connectivity index (χ0n) is 20.7. The Hall–Kier alpha value is -2.98. The molecule has 33 heavy (non-hydrogen) atoms. The van der Waals surface area contributed by atoms with Gasteiger partial charge in [-0.3, -0.25) is 9.79 Å². The van der Waals surface area contributed by atoms with E-state index in [0.29, 0.717) is 18.0 Å². The lowest BCUT2D eigenvalue weighted by molar-refractivity contribution is -0.113. The number of benzene rings is 2. The van der Waals surface area contributed by atoms with Gasteiger partial charge in [-0.15, -0.1) is 0 Å². The number of likely N-dealkylation sites (tertiary alicyclic amines) is 1. The summed E-state index contributed by atoms with van der Waals surface area (Å²) in [6, 6.07) is 13.0. The maximum atomic E-state index is 13.1. The molecule has 1 heterocycles. The number of carbonyl (C=O) groups excluding carboxylic acids is 1. The van der Waals surface area contributed by atoms with Gasteiger partial charge in [-0.1, -0.05) is 37.3 Å². The van der Waals surface area contributed by atoms with Crippen LogP contribution in [0.5, 0.6) is 0 Å². The van der Waals surface area contributed by atoms with Crippen molar-refractivity contribution < 1.29 is 4.79 Å². The molecule has 2 N–H and O–H groups in total. The van der Waals surface area contributed by atoms with Crippen LogP contribution in [0.1, 0.15) is 48.4 Å². The Bertz CT molecular complexity index is 1070. The molecule has 0 aromatic heterocycles. The zero-order valence-corrected chi connectivity index (χ0v) is 20.7. The maximum absolute atomic E-state index is 13.1. The summed E-state index contributed by atoms with van der Waals surface area (Å²) < 4.78 is 0. The Balaban J connectivity index is 2.00. The van der Waals surface area contributed by atoms with Crippen molar-refractivity contribution in [3.8, 4) is 11.1 Å². The van der Waals surface area contributed by atoms with Gasteiger partial charge in [0.05, 0.1) is 6.04 Å². The Labute approximate surface area is 198 Å². The molecule has 0 bridgehead atoms. The molecule has 174 valence electrons. The molecule has 0 unspecified atom stereocenters. The van der Waals surface area contributed by atoms with Gasteiger partial charge in [0.2, 0.25) is 0 Å². The van der Waals surface area contributed by atoms with Gasteiger partial charge < -0.3 is 10.6 Å². The van der Waals surface area contributed by atoms with E-state index in [9.17, 15) is 4.79 Å². The normalized spacial score (nSPS) is 16.5. The number of nitrogens with zero attached hydrogens (tertiary/aromatic N) is 2. The summed E-state index contributed by atoms with van der Waals surface area (Å²) in [6.07, 6.45) is 7.82. The average molecular weight is 444 g/mol. The quantitative estimate of drug-likeness (QED) is 0.342. The molecule has 0 saturated carbocycles. The van der Waals surface area contributed by atoms with Crippen LogP contribution in [-0.2, 0) is 4.79 Å². The molecule has 1 aliphatic rings. The van der Waals surface area contributed by atoms with Crippen molar-refractivity contribution in [3.63, 3.8) is 0 Å². The topological polar surface area (TPSA) is 58.7 Å². The number of nitrogens with two attached hydrogens (primary N) is 1. The Morgan fingerprint density at radius 3 is 2.36 bits per heavy atom. The molecule has 4 nitrogen and oxygen atoms in total. The maximum Gasteiger partial charge on any atom is 0.163 e. The van der Waals surface area contributed by atoms with Crippen LogP contribution in [-0.4, -0.2) is 43.1 Å². The van der Waals surface area contributed by atoms with Crippen molar-refractivity contribution in [2.24, 2.45) is 10.7 Å². The van der Waals surface area contributed by atoms with E-state index in [2.05, 4.69) is 69.1 Å². The highest BCUT2D eigenvalue weighted by Gasteiger charge is 2.17. The molecule has 0 aliphatic carbocycles. The van der Waals surface area contributed by atoms with E-state index in [-0.39, 0.29) is 5.78 Å². The molecular formula is C29H37N3O. The summed E-state index contributed by atoms with van der Waals surface area (Å²) in [5, 5.41) is 0. The highest BCUT2D eigenvalue weighted by molar-refractivity contribution is 6.22. The number of rotatable bonds is 7. The second-order valence-electron chi connectivity index (χ2n) is 9.11. The first-order valence-corrected chi connectivity index (χ1v) is 11.9. The van der Waals surface area contributed by atoms with Crippen LogP contribution in [0.3, 0.4) is 0 Å². The number of hydrogen-bond acceptors (Lipinski definition) is 4. The van der Waals surface area contributed by atoms with E-state index in [1.54, 1.807) is 6.20 Å². The largest absolute Gasteiger partial charge is 0.404 e. The number of ketones is 1. The number of aliphatic imine (C=N–C) groups is 1. The first-order valence-electron chi connectivity index (χ1n) is 11.9. The van der Waals surface area contributed by atoms with Crippen LogP contribution in [0.4, 0.5) is 0 Å². The predicted octanol–water partition coefficient (Wildman–Crippen LogP) is 5.65. The summed E-state index contributed by atoms with van der Waals surface area (Å²) in [7, 11) is 2.14. The molecule has 3 rings (SSSR count). The zero-order chi connectivity index (χ0) is 24.0. The van der Waals surface area contributed by atoms with E-state index in [1.165, 1.54) is 16.7 Å². The minimum Gasteiger partial charge on any atom is -0.404 e. The lowest BCUT2D eigenvalue weighted by Gasteiger charge is -2.26. The minimum atomic E-state index is 0.101. The summed E-state index contributed by atoms with van der Waals surface area (Å²) >= 11 is 0. The summed E-state index contributed by atoms with van der Waals surface area (Å²) in [4.78, 5) is 20.2. The number of piperidine rings is 1. The highest BCUT2D eigenvalue weighted by atomic mass is 16.1. The summed E-state index contributed by atoms with van der Waals surface area (Å²) in [6.45, 7) is 10.3. The molecule has 1 saturated heterocycles. The van der Waals surface area contributed by atoms with Gasteiger partial charge in [0.15, 0.2) is 5.78 Å². The van der Waals surface area contributed by atoms with Gasteiger partial charge in [-0.05, 0) is 99.3 Å². The molecule has 1 aliphatic heterocycles. The van der Waals surface area contributed by atoms with E-state index < -0.39 is 0 Å². The number of aryl methyl sites for hydroxylation is 3. The van der Waals surface area contributed by atoms with Gasteiger partial charge in [0.1, 0.15) is 0 Å². The molecular weight excluding hydrogens is 406 g/mol. The second kappa shape index (κ2) is 11.2. The van der Waals surface area contributed by atoms with Crippen molar-refractivity contribution in [1.82, 2.24) is 4.90 Å². The van der Waals surface area contributed by atoms with Crippen molar-refractivity contribution in [3.05, 3.63) is 76.5 Å². The third kappa shape index (κ3) is 6.08. The van der Waals surface area contributed by atoms with Crippen LogP contribution >= 0.6 is 0 Å². The lowest BCUT2D eigenvalue weighted by Crippen LogP contribution is -2.32. The van der Waals surface area contributed by atoms with Gasteiger partial charge in [-0.25, -0.2) is 0 Å². The predicted molar refractivity (Wildman–Crippen MR) is 141 cm³/mol. The first-order chi connectivity index (χ1) is 15.8. The third-order valence-corrected chi connectivity index (χ3v) is 6.55. The number of carbonyl (C=O) groups is 1. The lowest BCUT2D eigenvalue weighted by atomic mass is 9.89. The summed E-state index contributed by atoms with van der Waals surface area (Å²) in [5.74, 6) is 0.101. The fraction of sp³-hybridized carbons (Fsp3) is 0.379. The fourth-order valence-corrected chi connectivity index (χ4v) is 4.47. The molecule has 2 aromatic carbocycles. The molecule has 0 atom stereocenters. The van der Waals surface area contributed by atoms with Crippen molar-refractivity contribution in [2.75, 3.05) is 20.1 Å². The highest BCUT2D eigenvalue weighted by Crippen LogP contribution is 2.32. The van der Waals surface area contributed by atoms with Crippen molar-refractivity contribution in [1.29, 1.82) is 0 Å². The van der Waals surface area contributed by atoms with E-state index >= 15 is 0 Å². The smallest absolute Gasteiger partial charge is 0.163 e. The standard InChI is InChI=1S/C29H37N3O/c1-6-28(33)27(16-23(18-30)19-31-25-12-14-32(5)15-13-25)26-17-24(11-10-20(26)2)29-21(3)8-7-9-22(29)4/h7-11,16-19,25H,6,12-15,30H2,1-5H3/b23-18-,27-16+,31-19?. The molecule has 0 amide bonds. The first kappa shape index (κ1) is 24.7. The van der Waals surface area contributed by atoms with Crippen molar-refractivity contribution >= 4 is 17.6 Å².